The third-order valence-electron chi connectivity index (χ3n) is 3.80. The van der Waals surface area contributed by atoms with Crippen LogP contribution in [0, 0.1) is 0 Å². The fourth-order valence-corrected chi connectivity index (χ4v) is 2.52. The Bertz CT molecular complexity index is 1010. The summed E-state index contributed by atoms with van der Waals surface area (Å²) in [6, 6.07) is 13.8. The van der Waals surface area contributed by atoms with Crippen LogP contribution in [-0.4, -0.2) is 21.7 Å². The number of rotatable bonds is 5. The van der Waals surface area contributed by atoms with Crippen LogP contribution in [0.2, 0.25) is 0 Å². The maximum atomic E-state index is 12.1. The Kier molecular flexibility index (Phi) is 4.70. The molecule has 6 heteroatoms. The molecular weight excluding hydrogens is 318 g/mol. The number of carbonyl (C=O) groups excluding carboxylic acids is 2. The van der Waals surface area contributed by atoms with Crippen LogP contribution >= 0.6 is 0 Å². The van der Waals surface area contributed by atoms with E-state index in [1.165, 1.54) is 6.92 Å². The fourth-order valence-electron chi connectivity index (χ4n) is 2.52. The first-order valence-corrected chi connectivity index (χ1v) is 7.92. The van der Waals surface area contributed by atoms with E-state index < -0.39 is 0 Å². The summed E-state index contributed by atoms with van der Waals surface area (Å²) >= 11 is 0. The Morgan fingerprint density at radius 2 is 1.92 bits per heavy atom. The van der Waals surface area contributed by atoms with Crippen LogP contribution in [0.3, 0.4) is 0 Å². The summed E-state index contributed by atoms with van der Waals surface area (Å²) in [6.07, 6.45) is 0.490. The van der Waals surface area contributed by atoms with Crippen molar-refractivity contribution in [3.05, 3.63) is 70.3 Å². The Morgan fingerprint density at radius 1 is 1.12 bits per heavy atom. The van der Waals surface area contributed by atoms with Gasteiger partial charge in [-0.15, -0.1) is 0 Å². The molecular formula is C19H17N3O3. The Hall–Kier alpha value is -3.28. The number of benzene rings is 2. The van der Waals surface area contributed by atoms with Crippen molar-refractivity contribution in [2.45, 2.75) is 19.8 Å². The topological polar surface area (TPSA) is 91.9 Å². The van der Waals surface area contributed by atoms with Gasteiger partial charge in [0.25, 0.3) is 5.56 Å². The second-order valence-corrected chi connectivity index (χ2v) is 5.71. The first-order chi connectivity index (χ1) is 12.0. The molecule has 0 spiro atoms. The number of para-hydroxylation sites is 1. The van der Waals surface area contributed by atoms with Gasteiger partial charge in [-0.05, 0) is 31.2 Å². The molecule has 6 nitrogen and oxygen atoms in total. The number of hydrogen-bond acceptors (Lipinski definition) is 4. The largest absolute Gasteiger partial charge is 0.326 e. The Balaban J connectivity index is 1.67. The van der Waals surface area contributed by atoms with E-state index >= 15 is 0 Å². The highest BCUT2D eigenvalue weighted by atomic mass is 16.1. The summed E-state index contributed by atoms with van der Waals surface area (Å²) < 4.78 is 0. The minimum Gasteiger partial charge on any atom is -0.326 e. The number of nitrogens with one attached hydrogen (secondary N) is 2. The standard InChI is InChI=1S/C19H17N3O3/c1-12(23)13-5-4-6-14(11-13)20-18(24)10-9-17-21-16-8-3-2-7-15(16)19(25)22-17/h2-8,11H,9-10H2,1H3,(H,20,24)(H,21,22,25). The highest BCUT2D eigenvalue weighted by Gasteiger charge is 2.08. The molecule has 1 amide bonds. The normalized spacial score (nSPS) is 10.6. The van der Waals surface area contributed by atoms with E-state index in [9.17, 15) is 14.4 Å². The number of aryl methyl sites for hydroxylation is 1. The van der Waals surface area contributed by atoms with Crippen molar-refractivity contribution in [1.82, 2.24) is 9.97 Å². The molecule has 0 saturated heterocycles. The molecule has 0 unspecified atom stereocenters. The number of Topliss-reactive ketones (excluding diaryl/α,β-unsaturated/α-hetero) is 1. The van der Waals surface area contributed by atoms with Crippen LogP contribution in [0.4, 0.5) is 5.69 Å². The molecule has 0 fully saturated rings. The number of carbonyl (C=O) groups is 2. The van der Waals surface area contributed by atoms with Crippen molar-refractivity contribution in [3.63, 3.8) is 0 Å². The van der Waals surface area contributed by atoms with Crippen LogP contribution < -0.4 is 10.9 Å². The van der Waals surface area contributed by atoms with Gasteiger partial charge < -0.3 is 10.3 Å². The van der Waals surface area contributed by atoms with Gasteiger partial charge in [0.15, 0.2) is 5.78 Å². The highest BCUT2D eigenvalue weighted by Crippen LogP contribution is 2.12. The maximum Gasteiger partial charge on any atom is 0.258 e. The molecule has 1 aromatic heterocycles. The number of H-pyrrole nitrogens is 1. The van der Waals surface area contributed by atoms with E-state index in [0.717, 1.165) is 0 Å². The molecule has 0 aliphatic heterocycles. The van der Waals surface area contributed by atoms with Gasteiger partial charge in [0.1, 0.15) is 5.82 Å². The highest BCUT2D eigenvalue weighted by molar-refractivity contribution is 5.97. The van der Waals surface area contributed by atoms with Crippen LogP contribution in [0.15, 0.2) is 53.3 Å². The van der Waals surface area contributed by atoms with Crippen molar-refractivity contribution in [2.75, 3.05) is 5.32 Å². The third-order valence-corrected chi connectivity index (χ3v) is 3.80. The van der Waals surface area contributed by atoms with Gasteiger partial charge in [-0.25, -0.2) is 4.98 Å². The number of aromatic amines is 1. The number of fused-ring (bicyclic) bond motifs is 1. The summed E-state index contributed by atoms with van der Waals surface area (Å²) in [5.41, 5.74) is 1.50. The Labute approximate surface area is 143 Å². The average Bonchev–Trinajstić information content (AvgIpc) is 2.60. The van der Waals surface area contributed by atoms with E-state index in [0.29, 0.717) is 34.4 Å². The second-order valence-electron chi connectivity index (χ2n) is 5.71. The lowest BCUT2D eigenvalue weighted by Crippen LogP contribution is -2.16. The van der Waals surface area contributed by atoms with E-state index in [1.54, 1.807) is 42.5 Å². The lowest BCUT2D eigenvalue weighted by Gasteiger charge is -2.07. The molecule has 0 aliphatic rings. The predicted octanol–water partition coefficient (Wildman–Crippen LogP) is 2.70. The quantitative estimate of drug-likeness (QED) is 0.701. The van der Waals surface area contributed by atoms with E-state index in [1.807, 2.05) is 6.07 Å². The second kappa shape index (κ2) is 7.09. The van der Waals surface area contributed by atoms with Gasteiger partial charge in [-0.1, -0.05) is 24.3 Å². The fraction of sp³-hybridized carbons (Fsp3) is 0.158. The van der Waals surface area contributed by atoms with Crippen LogP contribution in [0.25, 0.3) is 10.9 Å². The number of nitrogens with zero attached hydrogens (tertiary/aromatic N) is 1. The molecule has 25 heavy (non-hydrogen) atoms. The molecule has 0 atom stereocenters. The number of aromatic nitrogens is 2. The van der Waals surface area contributed by atoms with Crippen molar-refractivity contribution >= 4 is 28.3 Å². The zero-order valence-corrected chi connectivity index (χ0v) is 13.7. The molecule has 2 N–H and O–H groups in total. The van der Waals surface area contributed by atoms with E-state index in [-0.39, 0.29) is 23.7 Å². The first-order valence-electron chi connectivity index (χ1n) is 7.92. The zero-order chi connectivity index (χ0) is 17.8. The van der Waals surface area contributed by atoms with E-state index in [4.69, 9.17) is 0 Å². The molecule has 2 aromatic carbocycles. The maximum absolute atomic E-state index is 12.1. The summed E-state index contributed by atoms with van der Waals surface area (Å²) in [5.74, 6) is 0.196. The molecule has 0 aliphatic carbocycles. The average molecular weight is 335 g/mol. The van der Waals surface area contributed by atoms with Gasteiger partial charge in [0.2, 0.25) is 5.91 Å². The van der Waals surface area contributed by atoms with Crippen molar-refractivity contribution in [3.8, 4) is 0 Å². The molecule has 0 bridgehead atoms. The first kappa shape index (κ1) is 16.6. The molecule has 0 radical (unpaired) electrons. The SMILES string of the molecule is CC(=O)c1cccc(NC(=O)CCc2nc3ccccc3c(=O)[nH]2)c1. The van der Waals surface area contributed by atoms with Crippen LogP contribution in [-0.2, 0) is 11.2 Å². The number of amides is 1. The Morgan fingerprint density at radius 3 is 2.72 bits per heavy atom. The van der Waals surface area contributed by atoms with Gasteiger partial charge >= 0.3 is 0 Å². The molecule has 3 aromatic rings. The lowest BCUT2D eigenvalue weighted by molar-refractivity contribution is -0.116. The van der Waals surface area contributed by atoms with E-state index in [2.05, 4.69) is 15.3 Å². The van der Waals surface area contributed by atoms with Gasteiger partial charge in [0, 0.05) is 24.1 Å². The smallest absolute Gasteiger partial charge is 0.258 e. The minimum atomic E-state index is -0.213. The number of ketones is 1. The van der Waals surface area contributed by atoms with Crippen molar-refractivity contribution in [2.24, 2.45) is 0 Å². The number of hydrogen-bond donors (Lipinski definition) is 2. The van der Waals surface area contributed by atoms with Gasteiger partial charge in [-0.3, -0.25) is 14.4 Å². The predicted molar refractivity (Wildman–Crippen MR) is 95.8 cm³/mol. The molecule has 0 saturated carbocycles. The van der Waals surface area contributed by atoms with Gasteiger partial charge in [0.05, 0.1) is 10.9 Å². The van der Waals surface area contributed by atoms with Crippen LogP contribution in [0.1, 0.15) is 29.5 Å². The van der Waals surface area contributed by atoms with Crippen molar-refractivity contribution in [1.29, 1.82) is 0 Å². The number of anilines is 1. The molecule has 126 valence electrons. The summed E-state index contributed by atoms with van der Waals surface area (Å²) in [7, 11) is 0. The summed E-state index contributed by atoms with van der Waals surface area (Å²) in [4.78, 5) is 42.6. The monoisotopic (exact) mass is 335 g/mol. The molecule has 1 heterocycles. The summed E-state index contributed by atoms with van der Waals surface area (Å²) in [6.45, 7) is 1.47. The third kappa shape index (κ3) is 3.98. The summed E-state index contributed by atoms with van der Waals surface area (Å²) in [5, 5.41) is 3.27. The lowest BCUT2D eigenvalue weighted by atomic mass is 10.1. The molecule has 3 rings (SSSR count). The zero-order valence-electron chi connectivity index (χ0n) is 13.7. The van der Waals surface area contributed by atoms with Gasteiger partial charge in [-0.2, -0.15) is 0 Å². The van der Waals surface area contributed by atoms with Crippen LogP contribution in [0.5, 0.6) is 0 Å². The minimum absolute atomic E-state index is 0.0611. The van der Waals surface area contributed by atoms with Crippen molar-refractivity contribution < 1.29 is 9.59 Å².